The topological polar surface area (TPSA) is 79.7 Å². The number of carboxylic acids is 1. The second-order valence-corrected chi connectivity index (χ2v) is 5.42. The normalized spacial score (nSPS) is 13.9. The van der Waals surface area contributed by atoms with Gasteiger partial charge in [0.25, 0.3) is 0 Å². The van der Waals surface area contributed by atoms with Gasteiger partial charge in [0.15, 0.2) is 0 Å². The van der Waals surface area contributed by atoms with Crippen molar-refractivity contribution in [3.05, 3.63) is 65.0 Å². The average molecular weight is 312 g/mol. The van der Waals surface area contributed by atoms with Gasteiger partial charge < -0.3 is 14.7 Å². The minimum absolute atomic E-state index is 0.187. The number of rotatable bonds is 5. The summed E-state index contributed by atoms with van der Waals surface area (Å²) < 4.78 is 4.90. The highest BCUT2D eigenvalue weighted by atomic mass is 16.6. The molecule has 2 aromatic rings. The highest BCUT2D eigenvalue weighted by Crippen LogP contribution is 2.14. The Kier molecular flexibility index (Phi) is 4.23. The summed E-state index contributed by atoms with van der Waals surface area (Å²) in [5.41, 5.74) is 3.12. The Morgan fingerprint density at radius 2 is 1.91 bits per heavy atom. The molecule has 1 aliphatic heterocycles. The molecule has 118 valence electrons. The van der Waals surface area contributed by atoms with Crippen LogP contribution in [0.2, 0.25) is 0 Å². The lowest BCUT2D eigenvalue weighted by Gasteiger charge is -2.12. The molecule has 1 aromatic heterocycles. The van der Waals surface area contributed by atoms with E-state index in [0.717, 1.165) is 16.7 Å². The first kappa shape index (κ1) is 15.0. The van der Waals surface area contributed by atoms with Gasteiger partial charge in [-0.15, -0.1) is 0 Å². The van der Waals surface area contributed by atoms with Gasteiger partial charge in [-0.2, -0.15) is 0 Å². The number of ether oxygens (including phenoxy) is 1. The molecule has 0 bridgehead atoms. The third-order valence-corrected chi connectivity index (χ3v) is 3.69. The number of nitrogens with zero attached hydrogens (tertiary/aromatic N) is 2. The standard InChI is InChI=1S/C17H16N2O4/c20-16(21)15-8-14(9-18-10-15)7-12-1-3-13(4-2-12)11-19-5-6-23-17(19)22/h1-4,8-10H,5-7,11H2,(H,20,21). The third-order valence-electron chi connectivity index (χ3n) is 3.69. The zero-order valence-electron chi connectivity index (χ0n) is 12.4. The van der Waals surface area contributed by atoms with Gasteiger partial charge in [-0.1, -0.05) is 24.3 Å². The molecule has 0 atom stereocenters. The van der Waals surface area contributed by atoms with Gasteiger partial charge in [-0.25, -0.2) is 9.59 Å². The monoisotopic (exact) mass is 312 g/mol. The van der Waals surface area contributed by atoms with Crippen molar-refractivity contribution in [1.29, 1.82) is 0 Å². The van der Waals surface area contributed by atoms with Crippen LogP contribution in [0.15, 0.2) is 42.7 Å². The van der Waals surface area contributed by atoms with Crippen molar-refractivity contribution in [1.82, 2.24) is 9.88 Å². The molecule has 0 spiro atoms. The molecule has 2 heterocycles. The first-order chi connectivity index (χ1) is 11.1. The molecule has 3 rings (SSSR count). The van der Waals surface area contributed by atoms with Crippen molar-refractivity contribution in [2.24, 2.45) is 0 Å². The lowest BCUT2D eigenvalue weighted by atomic mass is 10.0. The lowest BCUT2D eigenvalue weighted by Crippen LogP contribution is -2.23. The van der Waals surface area contributed by atoms with Crippen molar-refractivity contribution >= 4 is 12.1 Å². The summed E-state index contributed by atoms with van der Waals surface area (Å²) in [6, 6.07) is 9.52. The van der Waals surface area contributed by atoms with Crippen molar-refractivity contribution < 1.29 is 19.4 Å². The van der Waals surface area contributed by atoms with Gasteiger partial charge in [-0.05, 0) is 29.2 Å². The molecule has 0 unspecified atom stereocenters. The number of hydrogen-bond donors (Lipinski definition) is 1. The molecule has 1 fully saturated rings. The highest BCUT2D eigenvalue weighted by molar-refractivity contribution is 5.87. The van der Waals surface area contributed by atoms with E-state index in [-0.39, 0.29) is 11.7 Å². The van der Waals surface area contributed by atoms with Crippen molar-refractivity contribution in [3.8, 4) is 0 Å². The van der Waals surface area contributed by atoms with E-state index in [1.165, 1.54) is 6.20 Å². The van der Waals surface area contributed by atoms with Gasteiger partial charge in [0.1, 0.15) is 6.61 Å². The molecule has 0 radical (unpaired) electrons. The highest BCUT2D eigenvalue weighted by Gasteiger charge is 2.21. The fourth-order valence-electron chi connectivity index (χ4n) is 2.49. The number of carboxylic acid groups (broad SMARTS) is 1. The summed E-state index contributed by atoms with van der Waals surface area (Å²) >= 11 is 0. The zero-order valence-corrected chi connectivity index (χ0v) is 12.4. The Morgan fingerprint density at radius 1 is 1.17 bits per heavy atom. The Bertz CT molecular complexity index is 728. The molecule has 1 N–H and O–H groups in total. The van der Waals surface area contributed by atoms with Gasteiger partial charge in [0, 0.05) is 18.9 Å². The molecule has 23 heavy (non-hydrogen) atoms. The van der Waals surface area contributed by atoms with Crippen LogP contribution in [0.1, 0.15) is 27.0 Å². The first-order valence-electron chi connectivity index (χ1n) is 7.28. The smallest absolute Gasteiger partial charge is 0.410 e. The molecule has 6 nitrogen and oxygen atoms in total. The van der Waals surface area contributed by atoms with E-state index in [4.69, 9.17) is 9.84 Å². The number of aromatic carboxylic acids is 1. The van der Waals surface area contributed by atoms with E-state index in [1.54, 1.807) is 17.2 Å². The lowest BCUT2D eigenvalue weighted by molar-refractivity contribution is 0.0696. The predicted molar refractivity (Wildman–Crippen MR) is 82.2 cm³/mol. The van der Waals surface area contributed by atoms with E-state index in [1.807, 2.05) is 24.3 Å². The number of pyridine rings is 1. The molecule has 1 amide bonds. The van der Waals surface area contributed by atoms with Crippen molar-refractivity contribution in [3.63, 3.8) is 0 Å². The summed E-state index contributed by atoms with van der Waals surface area (Å²) in [6.45, 7) is 1.60. The quantitative estimate of drug-likeness (QED) is 0.916. The largest absolute Gasteiger partial charge is 0.478 e. The zero-order chi connectivity index (χ0) is 16.2. The van der Waals surface area contributed by atoms with Gasteiger partial charge in [0.2, 0.25) is 0 Å². The SMILES string of the molecule is O=C(O)c1cncc(Cc2ccc(CN3CCOC3=O)cc2)c1. The van der Waals surface area contributed by atoms with E-state index < -0.39 is 5.97 Å². The first-order valence-corrected chi connectivity index (χ1v) is 7.28. The molecular formula is C17H16N2O4. The fourth-order valence-corrected chi connectivity index (χ4v) is 2.49. The second-order valence-electron chi connectivity index (χ2n) is 5.42. The van der Waals surface area contributed by atoms with Gasteiger partial charge >= 0.3 is 12.1 Å². The number of carbonyl (C=O) groups is 2. The van der Waals surface area contributed by atoms with Crippen molar-refractivity contribution in [2.45, 2.75) is 13.0 Å². The van der Waals surface area contributed by atoms with Crippen LogP contribution in [0, 0.1) is 0 Å². The van der Waals surface area contributed by atoms with E-state index in [9.17, 15) is 9.59 Å². The number of amides is 1. The van der Waals surface area contributed by atoms with Crippen LogP contribution >= 0.6 is 0 Å². The average Bonchev–Trinajstić information content (AvgIpc) is 2.95. The minimum atomic E-state index is -0.979. The van der Waals surface area contributed by atoms with Crippen LogP contribution < -0.4 is 0 Å². The third kappa shape index (κ3) is 3.66. The second kappa shape index (κ2) is 6.48. The molecule has 1 saturated heterocycles. The summed E-state index contributed by atoms with van der Waals surface area (Å²) in [7, 11) is 0. The van der Waals surface area contributed by atoms with E-state index in [2.05, 4.69) is 4.98 Å². The van der Waals surface area contributed by atoms with Crippen LogP contribution in [0.5, 0.6) is 0 Å². The molecule has 0 saturated carbocycles. The van der Waals surface area contributed by atoms with E-state index in [0.29, 0.717) is 26.1 Å². The van der Waals surface area contributed by atoms with Crippen LogP contribution in [0.25, 0.3) is 0 Å². The number of benzene rings is 1. The Hall–Kier alpha value is -2.89. The summed E-state index contributed by atoms with van der Waals surface area (Å²) in [4.78, 5) is 28.0. The van der Waals surface area contributed by atoms with Crippen LogP contribution in [-0.2, 0) is 17.7 Å². The summed E-state index contributed by atoms with van der Waals surface area (Å²) in [5.74, 6) is -0.979. The maximum atomic E-state index is 11.4. The summed E-state index contributed by atoms with van der Waals surface area (Å²) in [5, 5.41) is 8.99. The molecule has 1 aliphatic rings. The predicted octanol–water partition coefficient (Wildman–Crippen LogP) is 2.32. The van der Waals surface area contributed by atoms with Crippen molar-refractivity contribution in [2.75, 3.05) is 13.2 Å². The number of aromatic nitrogens is 1. The molecule has 0 aliphatic carbocycles. The fraction of sp³-hybridized carbons (Fsp3) is 0.235. The molecule has 1 aromatic carbocycles. The maximum absolute atomic E-state index is 11.4. The molecule has 6 heteroatoms. The number of carbonyl (C=O) groups excluding carboxylic acids is 1. The maximum Gasteiger partial charge on any atom is 0.410 e. The Balaban J connectivity index is 1.66. The van der Waals surface area contributed by atoms with E-state index >= 15 is 0 Å². The number of cyclic esters (lactones) is 1. The Labute approximate surface area is 133 Å². The van der Waals surface area contributed by atoms with Crippen LogP contribution in [0.4, 0.5) is 4.79 Å². The van der Waals surface area contributed by atoms with Crippen LogP contribution in [0.3, 0.4) is 0 Å². The van der Waals surface area contributed by atoms with Gasteiger partial charge in [0.05, 0.1) is 12.1 Å². The molecular weight excluding hydrogens is 296 g/mol. The van der Waals surface area contributed by atoms with Crippen LogP contribution in [-0.4, -0.2) is 40.2 Å². The summed E-state index contributed by atoms with van der Waals surface area (Å²) in [6.07, 6.45) is 3.34. The van der Waals surface area contributed by atoms with Gasteiger partial charge in [-0.3, -0.25) is 4.98 Å². The Morgan fingerprint density at radius 3 is 2.57 bits per heavy atom. The minimum Gasteiger partial charge on any atom is -0.478 e. The number of hydrogen-bond acceptors (Lipinski definition) is 4.